The van der Waals surface area contributed by atoms with Crippen molar-refractivity contribution < 1.29 is 22.7 Å². The van der Waals surface area contributed by atoms with Gasteiger partial charge in [-0.3, -0.25) is 0 Å². The molecule has 0 aromatic heterocycles. The number of para-hydroxylation sites is 1. The molecule has 0 aliphatic heterocycles. The average molecular weight is 371 g/mol. The Morgan fingerprint density at radius 3 is 2.11 bits per heavy atom. The van der Waals surface area contributed by atoms with Gasteiger partial charge >= 0.3 is 12.1 Å². The van der Waals surface area contributed by atoms with E-state index in [4.69, 9.17) is 0 Å². The summed E-state index contributed by atoms with van der Waals surface area (Å²) in [7, 11) is 1.32. The zero-order valence-electron chi connectivity index (χ0n) is 14.4. The fourth-order valence-corrected chi connectivity index (χ4v) is 2.65. The summed E-state index contributed by atoms with van der Waals surface area (Å²) in [4.78, 5) is 11.6. The molecule has 138 valence electrons. The van der Waals surface area contributed by atoms with Crippen LogP contribution in [0.3, 0.4) is 0 Å². The first-order valence-corrected chi connectivity index (χ1v) is 8.10. The smallest absolute Gasteiger partial charge is 0.416 e. The highest BCUT2D eigenvalue weighted by molar-refractivity contribution is 5.90. The van der Waals surface area contributed by atoms with Crippen molar-refractivity contribution in [2.45, 2.75) is 6.18 Å². The van der Waals surface area contributed by atoms with Crippen molar-refractivity contribution in [3.05, 3.63) is 83.9 Å². The van der Waals surface area contributed by atoms with Crippen LogP contribution in [0.1, 0.15) is 15.9 Å². The minimum absolute atomic E-state index is 0.419. The number of hydrogen-bond donors (Lipinski definition) is 1. The summed E-state index contributed by atoms with van der Waals surface area (Å²) in [5, 5.41) is 3.14. The van der Waals surface area contributed by atoms with Crippen molar-refractivity contribution in [2.24, 2.45) is 0 Å². The van der Waals surface area contributed by atoms with Gasteiger partial charge in [0.1, 0.15) is 0 Å². The number of anilines is 2. The Hall–Kier alpha value is -3.28. The molecule has 0 heterocycles. The van der Waals surface area contributed by atoms with E-state index in [1.165, 1.54) is 19.2 Å². The Balaban J connectivity index is 1.87. The van der Waals surface area contributed by atoms with Crippen molar-refractivity contribution in [3.63, 3.8) is 0 Å². The molecule has 0 spiro atoms. The van der Waals surface area contributed by atoms with Crippen LogP contribution in [0.4, 0.5) is 24.5 Å². The number of hydrogen-bond acceptors (Lipinski definition) is 3. The molecule has 3 rings (SSSR count). The molecule has 3 nitrogen and oxygen atoms in total. The van der Waals surface area contributed by atoms with Crippen molar-refractivity contribution in [1.82, 2.24) is 0 Å². The second kappa shape index (κ2) is 7.53. The minimum atomic E-state index is -4.36. The molecule has 0 bridgehead atoms. The van der Waals surface area contributed by atoms with E-state index in [-0.39, 0.29) is 0 Å². The molecular weight excluding hydrogens is 355 g/mol. The summed E-state index contributed by atoms with van der Waals surface area (Å²) in [5.74, 6) is -0.419. The van der Waals surface area contributed by atoms with E-state index in [1.807, 2.05) is 24.3 Å². The summed E-state index contributed by atoms with van der Waals surface area (Å²) >= 11 is 0. The number of ether oxygens (including phenoxy) is 1. The summed E-state index contributed by atoms with van der Waals surface area (Å²) in [6.45, 7) is 0. The van der Waals surface area contributed by atoms with Crippen LogP contribution in [0.15, 0.2) is 72.8 Å². The van der Waals surface area contributed by atoms with E-state index in [0.29, 0.717) is 11.3 Å². The van der Waals surface area contributed by atoms with Gasteiger partial charge in [0, 0.05) is 16.9 Å². The van der Waals surface area contributed by atoms with Gasteiger partial charge in [-0.2, -0.15) is 13.2 Å². The van der Waals surface area contributed by atoms with Gasteiger partial charge in [0.2, 0.25) is 0 Å². The zero-order chi connectivity index (χ0) is 19.4. The first-order valence-electron chi connectivity index (χ1n) is 8.10. The number of halogens is 3. The molecule has 0 saturated heterocycles. The lowest BCUT2D eigenvalue weighted by Crippen LogP contribution is -2.04. The van der Waals surface area contributed by atoms with Gasteiger partial charge in [0.25, 0.3) is 0 Å². The van der Waals surface area contributed by atoms with Crippen molar-refractivity contribution in [3.8, 4) is 11.1 Å². The lowest BCUT2D eigenvalue weighted by Gasteiger charge is -2.13. The highest BCUT2D eigenvalue weighted by Gasteiger charge is 2.29. The summed E-state index contributed by atoms with van der Waals surface area (Å²) in [6, 6.07) is 19.2. The normalized spacial score (nSPS) is 11.1. The van der Waals surface area contributed by atoms with Crippen molar-refractivity contribution in [1.29, 1.82) is 0 Å². The maximum Gasteiger partial charge on any atom is 0.416 e. The molecule has 0 unspecified atom stereocenters. The number of carbonyl (C=O) groups is 1. The number of methoxy groups -OCH3 is 1. The molecule has 1 N–H and O–H groups in total. The molecule has 0 aliphatic carbocycles. The van der Waals surface area contributed by atoms with Gasteiger partial charge in [-0.25, -0.2) is 4.79 Å². The third-order valence-electron chi connectivity index (χ3n) is 4.04. The van der Waals surface area contributed by atoms with E-state index < -0.39 is 17.7 Å². The lowest BCUT2D eigenvalue weighted by molar-refractivity contribution is -0.137. The molecule has 0 aliphatic rings. The predicted octanol–water partition coefficient (Wildman–Crippen LogP) is 5.90. The summed E-state index contributed by atoms with van der Waals surface area (Å²) < 4.78 is 42.8. The molecule has 0 fully saturated rings. The third-order valence-corrected chi connectivity index (χ3v) is 4.04. The van der Waals surface area contributed by atoms with Crippen LogP contribution in [0.2, 0.25) is 0 Å². The molecule has 27 heavy (non-hydrogen) atoms. The minimum Gasteiger partial charge on any atom is -0.465 e. The number of esters is 1. The van der Waals surface area contributed by atoms with Crippen molar-refractivity contribution in [2.75, 3.05) is 12.4 Å². The van der Waals surface area contributed by atoms with Gasteiger partial charge in [-0.1, -0.05) is 30.3 Å². The average Bonchev–Trinajstić information content (AvgIpc) is 2.68. The summed E-state index contributed by atoms with van der Waals surface area (Å²) in [6.07, 6.45) is -4.36. The fourth-order valence-electron chi connectivity index (χ4n) is 2.65. The highest BCUT2D eigenvalue weighted by Crippen LogP contribution is 2.33. The molecule has 0 atom stereocenters. The number of alkyl halides is 3. The van der Waals surface area contributed by atoms with Gasteiger partial charge in [0.05, 0.1) is 18.2 Å². The Kier molecular flexibility index (Phi) is 5.16. The SMILES string of the molecule is COC(=O)c1ccc(-c2ccccc2Nc2ccc(C(F)(F)F)cc2)cc1. The van der Waals surface area contributed by atoms with Crippen LogP contribution in [0, 0.1) is 0 Å². The third kappa shape index (κ3) is 4.28. The largest absolute Gasteiger partial charge is 0.465 e. The quantitative estimate of drug-likeness (QED) is 0.580. The fraction of sp³-hybridized carbons (Fsp3) is 0.0952. The Morgan fingerprint density at radius 1 is 0.889 bits per heavy atom. The second-order valence-corrected chi connectivity index (χ2v) is 5.81. The zero-order valence-corrected chi connectivity index (χ0v) is 14.4. The van der Waals surface area contributed by atoms with Crippen LogP contribution in [-0.4, -0.2) is 13.1 Å². The van der Waals surface area contributed by atoms with E-state index in [2.05, 4.69) is 10.1 Å². The molecule has 0 radical (unpaired) electrons. The van der Waals surface area contributed by atoms with E-state index >= 15 is 0 Å². The van der Waals surface area contributed by atoms with Crippen LogP contribution >= 0.6 is 0 Å². The first kappa shape index (κ1) is 18.5. The Bertz CT molecular complexity index is 933. The molecule has 0 amide bonds. The monoisotopic (exact) mass is 371 g/mol. The Labute approximate surface area is 154 Å². The van der Waals surface area contributed by atoms with Gasteiger partial charge < -0.3 is 10.1 Å². The predicted molar refractivity (Wildman–Crippen MR) is 97.9 cm³/mol. The number of nitrogens with one attached hydrogen (secondary N) is 1. The molecule has 6 heteroatoms. The van der Waals surface area contributed by atoms with Crippen molar-refractivity contribution >= 4 is 17.3 Å². The number of benzene rings is 3. The van der Waals surface area contributed by atoms with Gasteiger partial charge in [-0.15, -0.1) is 0 Å². The second-order valence-electron chi connectivity index (χ2n) is 5.81. The highest BCUT2D eigenvalue weighted by atomic mass is 19.4. The molecule has 3 aromatic carbocycles. The van der Waals surface area contributed by atoms with Crippen LogP contribution in [0.25, 0.3) is 11.1 Å². The molecular formula is C21H16F3NO2. The first-order chi connectivity index (χ1) is 12.9. The van der Waals surface area contributed by atoms with Gasteiger partial charge in [-0.05, 0) is 48.0 Å². The standard InChI is InChI=1S/C21H16F3NO2/c1-27-20(26)15-8-6-14(7-9-15)18-4-2-3-5-19(18)25-17-12-10-16(11-13-17)21(22,23)24/h2-13,25H,1H3. The Morgan fingerprint density at radius 2 is 1.52 bits per heavy atom. The molecule has 0 saturated carbocycles. The number of rotatable bonds is 4. The maximum atomic E-state index is 12.7. The van der Waals surface area contributed by atoms with E-state index in [1.54, 1.807) is 24.3 Å². The summed E-state index contributed by atoms with van der Waals surface area (Å²) in [5.41, 5.74) is 2.74. The van der Waals surface area contributed by atoms with Crippen LogP contribution in [-0.2, 0) is 10.9 Å². The van der Waals surface area contributed by atoms with Gasteiger partial charge in [0.15, 0.2) is 0 Å². The van der Waals surface area contributed by atoms with Crippen LogP contribution < -0.4 is 5.32 Å². The van der Waals surface area contributed by atoms with Crippen LogP contribution in [0.5, 0.6) is 0 Å². The topological polar surface area (TPSA) is 38.3 Å². The van der Waals surface area contributed by atoms with E-state index in [9.17, 15) is 18.0 Å². The number of carbonyl (C=O) groups excluding carboxylic acids is 1. The maximum absolute atomic E-state index is 12.7. The molecule has 3 aromatic rings. The lowest BCUT2D eigenvalue weighted by atomic mass is 10.0. The van der Waals surface area contributed by atoms with E-state index in [0.717, 1.165) is 28.9 Å².